The molecule has 1 aliphatic heterocycles. The van der Waals surface area contributed by atoms with E-state index in [1.165, 1.54) is 0 Å². The summed E-state index contributed by atoms with van der Waals surface area (Å²) in [6.07, 6.45) is 1.94. The van der Waals surface area contributed by atoms with E-state index in [4.69, 9.17) is 16.6 Å². The second-order valence-corrected chi connectivity index (χ2v) is 5.91. The standard InChI is InChI=1S/C19H17ClN2O/c1-3-10-22-18-11-13(2)8-9-16(18)21-17(12-19(22)23)14-6-4-5-7-15(14)20/h3-9,11H,1,10,12H2,2H3. The van der Waals surface area contributed by atoms with E-state index in [-0.39, 0.29) is 12.3 Å². The average molecular weight is 325 g/mol. The minimum atomic E-state index is -0.00656. The van der Waals surface area contributed by atoms with Crippen LogP contribution in [-0.2, 0) is 4.79 Å². The lowest BCUT2D eigenvalue weighted by Crippen LogP contribution is -2.31. The number of hydrogen-bond acceptors (Lipinski definition) is 2. The number of aryl methyl sites for hydroxylation is 1. The van der Waals surface area contributed by atoms with Crippen molar-refractivity contribution >= 4 is 34.6 Å². The Morgan fingerprint density at radius 1 is 1.30 bits per heavy atom. The summed E-state index contributed by atoms with van der Waals surface area (Å²) in [6, 6.07) is 13.4. The van der Waals surface area contributed by atoms with Gasteiger partial charge in [0.15, 0.2) is 0 Å². The molecule has 0 fully saturated rings. The summed E-state index contributed by atoms with van der Waals surface area (Å²) in [5, 5.41) is 0.602. The van der Waals surface area contributed by atoms with Crippen molar-refractivity contribution in [2.45, 2.75) is 13.3 Å². The number of benzene rings is 2. The molecular weight excluding hydrogens is 308 g/mol. The maximum Gasteiger partial charge on any atom is 0.233 e. The first-order valence-electron chi connectivity index (χ1n) is 7.44. The summed E-state index contributed by atoms with van der Waals surface area (Å²) in [4.78, 5) is 19.2. The Kier molecular flexibility index (Phi) is 4.30. The molecule has 0 spiro atoms. The molecule has 0 N–H and O–H groups in total. The number of hydrogen-bond donors (Lipinski definition) is 0. The molecular formula is C19H17ClN2O. The van der Waals surface area contributed by atoms with Gasteiger partial charge in [0.25, 0.3) is 0 Å². The molecule has 0 aliphatic carbocycles. The van der Waals surface area contributed by atoms with Crippen LogP contribution in [0, 0.1) is 6.92 Å². The van der Waals surface area contributed by atoms with Gasteiger partial charge < -0.3 is 4.90 Å². The Labute approximate surface area is 140 Å². The Morgan fingerprint density at radius 2 is 2.09 bits per heavy atom. The van der Waals surface area contributed by atoms with E-state index < -0.39 is 0 Å². The van der Waals surface area contributed by atoms with Gasteiger partial charge in [-0.1, -0.05) is 41.9 Å². The van der Waals surface area contributed by atoms with Crippen LogP contribution in [0.4, 0.5) is 11.4 Å². The first kappa shape index (κ1) is 15.5. The highest BCUT2D eigenvalue weighted by Crippen LogP contribution is 2.34. The van der Waals surface area contributed by atoms with Crippen molar-refractivity contribution in [3.8, 4) is 0 Å². The number of aliphatic imine (C=N–C) groups is 1. The number of fused-ring (bicyclic) bond motifs is 1. The SMILES string of the molecule is C=CCN1C(=O)CC(c2ccccc2Cl)=Nc2ccc(C)cc21. The second kappa shape index (κ2) is 6.39. The molecule has 2 aromatic carbocycles. The quantitative estimate of drug-likeness (QED) is 0.754. The molecule has 1 heterocycles. The number of amides is 1. The molecule has 0 saturated carbocycles. The summed E-state index contributed by atoms with van der Waals surface area (Å²) < 4.78 is 0. The lowest BCUT2D eigenvalue weighted by atomic mass is 10.1. The molecule has 4 heteroatoms. The van der Waals surface area contributed by atoms with Crippen LogP contribution >= 0.6 is 11.6 Å². The van der Waals surface area contributed by atoms with Gasteiger partial charge in [-0.05, 0) is 30.7 Å². The Morgan fingerprint density at radius 3 is 2.83 bits per heavy atom. The van der Waals surface area contributed by atoms with Crippen LogP contribution in [0.15, 0.2) is 60.1 Å². The van der Waals surface area contributed by atoms with Gasteiger partial charge in [-0.15, -0.1) is 6.58 Å². The van der Waals surface area contributed by atoms with Crippen LogP contribution < -0.4 is 4.90 Å². The minimum absolute atomic E-state index is 0.00656. The van der Waals surface area contributed by atoms with Crippen LogP contribution in [0.5, 0.6) is 0 Å². The second-order valence-electron chi connectivity index (χ2n) is 5.50. The predicted molar refractivity (Wildman–Crippen MR) is 96.0 cm³/mol. The molecule has 2 aromatic rings. The predicted octanol–water partition coefficient (Wildman–Crippen LogP) is 4.69. The van der Waals surface area contributed by atoms with Crippen molar-refractivity contribution in [1.29, 1.82) is 0 Å². The monoisotopic (exact) mass is 324 g/mol. The molecule has 0 unspecified atom stereocenters. The third-order valence-electron chi connectivity index (χ3n) is 3.79. The van der Waals surface area contributed by atoms with Gasteiger partial charge in [-0.3, -0.25) is 9.79 Å². The molecule has 23 heavy (non-hydrogen) atoms. The van der Waals surface area contributed by atoms with Crippen molar-refractivity contribution in [1.82, 2.24) is 0 Å². The van der Waals surface area contributed by atoms with E-state index >= 15 is 0 Å². The van der Waals surface area contributed by atoms with Crippen LogP contribution in [0.25, 0.3) is 0 Å². The fourth-order valence-electron chi connectivity index (χ4n) is 2.68. The molecule has 3 nitrogen and oxygen atoms in total. The molecule has 0 bridgehead atoms. The normalized spacial score (nSPS) is 14.1. The van der Waals surface area contributed by atoms with Gasteiger partial charge in [0, 0.05) is 17.1 Å². The fourth-order valence-corrected chi connectivity index (χ4v) is 2.93. The minimum Gasteiger partial charge on any atom is -0.306 e. The molecule has 116 valence electrons. The van der Waals surface area contributed by atoms with Gasteiger partial charge in [0.05, 0.1) is 23.5 Å². The molecule has 0 saturated heterocycles. The zero-order valence-electron chi connectivity index (χ0n) is 12.9. The maximum absolute atomic E-state index is 12.7. The van der Waals surface area contributed by atoms with Gasteiger partial charge in [-0.25, -0.2) is 0 Å². The van der Waals surface area contributed by atoms with Gasteiger partial charge >= 0.3 is 0 Å². The number of carbonyl (C=O) groups is 1. The van der Waals surface area contributed by atoms with E-state index in [1.807, 2.05) is 49.4 Å². The molecule has 1 aliphatic rings. The van der Waals surface area contributed by atoms with Crippen LogP contribution in [-0.4, -0.2) is 18.2 Å². The summed E-state index contributed by atoms with van der Waals surface area (Å²) in [5.41, 5.74) is 4.17. The van der Waals surface area contributed by atoms with Gasteiger partial charge in [0.1, 0.15) is 0 Å². The van der Waals surface area contributed by atoms with Crippen molar-refractivity contribution in [3.63, 3.8) is 0 Å². The number of carbonyl (C=O) groups excluding carboxylic acids is 1. The zero-order chi connectivity index (χ0) is 16.4. The van der Waals surface area contributed by atoms with E-state index in [2.05, 4.69) is 6.58 Å². The summed E-state index contributed by atoms with van der Waals surface area (Å²) >= 11 is 6.29. The van der Waals surface area contributed by atoms with Gasteiger partial charge in [0.2, 0.25) is 5.91 Å². The zero-order valence-corrected chi connectivity index (χ0v) is 13.7. The van der Waals surface area contributed by atoms with Crippen molar-refractivity contribution in [3.05, 3.63) is 71.3 Å². The van der Waals surface area contributed by atoms with Crippen molar-refractivity contribution < 1.29 is 4.79 Å². The first-order valence-corrected chi connectivity index (χ1v) is 7.82. The molecule has 0 atom stereocenters. The van der Waals surface area contributed by atoms with E-state index in [1.54, 1.807) is 11.0 Å². The number of halogens is 1. The topological polar surface area (TPSA) is 32.7 Å². The summed E-state index contributed by atoms with van der Waals surface area (Å²) in [7, 11) is 0. The molecule has 0 aromatic heterocycles. The Bertz CT molecular complexity index is 811. The lowest BCUT2D eigenvalue weighted by Gasteiger charge is -2.21. The fraction of sp³-hybridized carbons (Fsp3) is 0.158. The largest absolute Gasteiger partial charge is 0.306 e. The average Bonchev–Trinajstić information content (AvgIpc) is 2.66. The number of rotatable bonds is 3. The first-order chi connectivity index (χ1) is 11.1. The van der Waals surface area contributed by atoms with Crippen molar-refractivity contribution in [2.24, 2.45) is 4.99 Å². The van der Waals surface area contributed by atoms with Crippen LogP contribution in [0.2, 0.25) is 5.02 Å². The van der Waals surface area contributed by atoms with Gasteiger partial charge in [-0.2, -0.15) is 0 Å². The van der Waals surface area contributed by atoms with Crippen LogP contribution in [0.1, 0.15) is 17.5 Å². The van der Waals surface area contributed by atoms with E-state index in [0.29, 0.717) is 17.3 Å². The van der Waals surface area contributed by atoms with E-state index in [0.717, 1.165) is 22.5 Å². The summed E-state index contributed by atoms with van der Waals surface area (Å²) in [6.45, 7) is 6.21. The Hall–Kier alpha value is -2.39. The van der Waals surface area contributed by atoms with Crippen LogP contribution in [0.3, 0.4) is 0 Å². The smallest absolute Gasteiger partial charge is 0.233 e. The molecule has 0 radical (unpaired) electrons. The third-order valence-corrected chi connectivity index (χ3v) is 4.12. The highest BCUT2D eigenvalue weighted by Gasteiger charge is 2.25. The Balaban J connectivity index is 2.16. The molecule has 1 amide bonds. The third kappa shape index (κ3) is 3.06. The number of nitrogens with zero attached hydrogens (tertiary/aromatic N) is 2. The maximum atomic E-state index is 12.7. The highest BCUT2D eigenvalue weighted by atomic mass is 35.5. The lowest BCUT2D eigenvalue weighted by molar-refractivity contribution is -0.117. The van der Waals surface area contributed by atoms with Crippen molar-refractivity contribution in [2.75, 3.05) is 11.4 Å². The number of anilines is 1. The van der Waals surface area contributed by atoms with E-state index in [9.17, 15) is 4.79 Å². The summed E-state index contributed by atoms with van der Waals surface area (Å²) in [5.74, 6) is -0.00656. The highest BCUT2D eigenvalue weighted by molar-refractivity contribution is 6.35. The molecule has 3 rings (SSSR count).